The van der Waals surface area contributed by atoms with E-state index in [1.165, 1.54) is 11.1 Å². The Labute approximate surface area is 105 Å². The number of alkyl carbamates (subject to hydrolysis) is 1. The molecule has 0 aromatic rings. The maximum Gasteiger partial charge on any atom is 0.407 e. The van der Waals surface area contributed by atoms with Crippen LogP contribution in [-0.4, -0.2) is 19.2 Å². The largest absolute Gasteiger partial charge is 0.450 e. The van der Waals surface area contributed by atoms with E-state index in [9.17, 15) is 4.79 Å². The van der Waals surface area contributed by atoms with Crippen LogP contribution in [0.4, 0.5) is 4.79 Å². The van der Waals surface area contributed by atoms with Gasteiger partial charge in [0.15, 0.2) is 0 Å². The minimum absolute atomic E-state index is 0.333. The summed E-state index contributed by atoms with van der Waals surface area (Å²) in [5.74, 6) is 0. The molecule has 0 heterocycles. The van der Waals surface area contributed by atoms with Crippen molar-refractivity contribution < 1.29 is 9.53 Å². The van der Waals surface area contributed by atoms with Crippen LogP contribution in [0, 0.1) is 0 Å². The zero-order chi connectivity index (χ0) is 13.1. The Balaban J connectivity index is 3.69. The molecule has 0 rings (SSSR count). The maximum absolute atomic E-state index is 11.1. The molecular formula is C14H25NO2. The minimum atomic E-state index is -0.333. The zero-order valence-corrected chi connectivity index (χ0v) is 11.5. The van der Waals surface area contributed by atoms with E-state index in [2.05, 4.69) is 32.2 Å². The van der Waals surface area contributed by atoms with Gasteiger partial charge in [-0.05, 0) is 40.0 Å². The van der Waals surface area contributed by atoms with Crippen LogP contribution >= 0.6 is 0 Å². The highest BCUT2D eigenvalue weighted by Crippen LogP contribution is 2.05. The molecule has 1 amide bonds. The van der Waals surface area contributed by atoms with Crippen LogP contribution < -0.4 is 5.32 Å². The van der Waals surface area contributed by atoms with E-state index in [0.717, 1.165) is 19.3 Å². The topological polar surface area (TPSA) is 38.3 Å². The average molecular weight is 239 g/mol. The molecule has 0 aliphatic carbocycles. The monoisotopic (exact) mass is 239 g/mol. The molecule has 0 unspecified atom stereocenters. The highest BCUT2D eigenvalue weighted by Gasteiger charge is 1.97. The molecule has 0 saturated carbocycles. The highest BCUT2D eigenvalue weighted by molar-refractivity contribution is 5.67. The Morgan fingerprint density at radius 3 is 2.53 bits per heavy atom. The predicted octanol–water partition coefficient (Wildman–Crippen LogP) is 3.82. The van der Waals surface area contributed by atoms with Gasteiger partial charge in [0.05, 0.1) is 6.61 Å². The lowest BCUT2D eigenvalue weighted by Crippen LogP contribution is -2.24. The minimum Gasteiger partial charge on any atom is -0.450 e. The van der Waals surface area contributed by atoms with Gasteiger partial charge in [-0.2, -0.15) is 0 Å². The first-order chi connectivity index (χ1) is 8.06. The summed E-state index contributed by atoms with van der Waals surface area (Å²) >= 11 is 0. The van der Waals surface area contributed by atoms with Crippen LogP contribution in [0.2, 0.25) is 0 Å². The van der Waals surface area contributed by atoms with Gasteiger partial charge >= 0.3 is 6.09 Å². The lowest BCUT2D eigenvalue weighted by molar-refractivity contribution is 0.147. The second-order valence-corrected chi connectivity index (χ2v) is 4.39. The van der Waals surface area contributed by atoms with Crippen molar-refractivity contribution in [2.75, 3.05) is 13.2 Å². The molecule has 0 atom stereocenters. The quantitative estimate of drug-likeness (QED) is 0.686. The van der Waals surface area contributed by atoms with Gasteiger partial charge in [0, 0.05) is 6.54 Å². The SMILES string of the molecule is CCCOC(=O)NC/C=C(\C)CCC=C(C)C. The van der Waals surface area contributed by atoms with Crippen molar-refractivity contribution in [3.8, 4) is 0 Å². The fraction of sp³-hybridized carbons (Fsp3) is 0.643. The van der Waals surface area contributed by atoms with E-state index in [1.807, 2.05) is 13.0 Å². The predicted molar refractivity (Wildman–Crippen MR) is 72.1 cm³/mol. The van der Waals surface area contributed by atoms with E-state index in [0.29, 0.717) is 13.2 Å². The van der Waals surface area contributed by atoms with Crippen LogP contribution in [0.5, 0.6) is 0 Å². The second-order valence-electron chi connectivity index (χ2n) is 4.39. The number of hydrogen-bond donors (Lipinski definition) is 1. The van der Waals surface area contributed by atoms with Crippen molar-refractivity contribution in [2.24, 2.45) is 0 Å². The summed E-state index contributed by atoms with van der Waals surface area (Å²) in [6.45, 7) is 9.28. The van der Waals surface area contributed by atoms with Gasteiger partial charge in [0.2, 0.25) is 0 Å². The molecule has 0 spiro atoms. The number of carbonyl (C=O) groups is 1. The average Bonchev–Trinajstić information content (AvgIpc) is 2.25. The summed E-state index contributed by atoms with van der Waals surface area (Å²) in [5, 5.41) is 2.69. The normalized spacial score (nSPS) is 10.9. The van der Waals surface area contributed by atoms with Crippen molar-refractivity contribution in [1.29, 1.82) is 0 Å². The third-order valence-corrected chi connectivity index (χ3v) is 2.23. The van der Waals surface area contributed by atoms with Crippen molar-refractivity contribution in [3.63, 3.8) is 0 Å². The van der Waals surface area contributed by atoms with Gasteiger partial charge in [-0.25, -0.2) is 4.79 Å². The Bertz CT molecular complexity index is 276. The molecule has 1 N–H and O–H groups in total. The third-order valence-electron chi connectivity index (χ3n) is 2.23. The van der Waals surface area contributed by atoms with Crippen molar-refractivity contribution in [1.82, 2.24) is 5.32 Å². The molecule has 0 saturated heterocycles. The summed E-state index contributed by atoms with van der Waals surface area (Å²) in [4.78, 5) is 11.1. The summed E-state index contributed by atoms with van der Waals surface area (Å²) in [5.41, 5.74) is 2.64. The summed E-state index contributed by atoms with van der Waals surface area (Å²) in [7, 11) is 0. The fourth-order valence-corrected chi connectivity index (χ4v) is 1.24. The summed E-state index contributed by atoms with van der Waals surface area (Å²) in [6.07, 6.45) is 6.87. The Hall–Kier alpha value is -1.25. The van der Waals surface area contributed by atoms with E-state index in [4.69, 9.17) is 4.74 Å². The standard InChI is InChI=1S/C14H25NO2/c1-5-11-17-14(16)15-10-9-13(4)8-6-7-12(2)3/h7,9H,5-6,8,10-11H2,1-4H3,(H,15,16)/b13-9+. The van der Waals surface area contributed by atoms with Crippen LogP contribution in [-0.2, 0) is 4.74 Å². The van der Waals surface area contributed by atoms with E-state index >= 15 is 0 Å². The van der Waals surface area contributed by atoms with Gasteiger partial charge in [-0.1, -0.05) is 30.2 Å². The number of amides is 1. The van der Waals surface area contributed by atoms with E-state index < -0.39 is 0 Å². The lowest BCUT2D eigenvalue weighted by Gasteiger charge is -2.04. The van der Waals surface area contributed by atoms with Gasteiger partial charge in [0.25, 0.3) is 0 Å². The molecule has 0 radical (unpaired) electrons. The number of nitrogens with one attached hydrogen (secondary N) is 1. The Morgan fingerprint density at radius 1 is 1.24 bits per heavy atom. The van der Waals surface area contributed by atoms with Crippen molar-refractivity contribution in [2.45, 2.75) is 47.0 Å². The third kappa shape index (κ3) is 11.0. The molecule has 0 fully saturated rings. The number of hydrogen-bond acceptors (Lipinski definition) is 2. The van der Waals surface area contributed by atoms with E-state index in [-0.39, 0.29) is 6.09 Å². The second kappa shape index (κ2) is 9.94. The molecule has 0 aromatic heterocycles. The first kappa shape index (κ1) is 15.8. The van der Waals surface area contributed by atoms with E-state index in [1.54, 1.807) is 0 Å². The molecule has 3 nitrogen and oxygen atoms in total. The molecule has 0 bridgehead atoms. The smallest absolute Gasteiger partial charge is 0.407 e. The van der Waals surface area contributed by atoms with Gasteiger partial charge < -0.3 is 10.1 Å². The van der Waals surface area contributed by atoms with Gasteiger partial charge in [0.1, 0.15) is 0 Å². The summed E-state index contributed by atoms with van der Waals surface area (Å²) in [6, 6.07) is 0. The van der Waals surface area contributed by atoms with Gasteiger partial charge in [-0.15, -0.1) is 0 Å². The van der Waals surface area contributed by atoms with Gasteiger partial charge in [-0.3, -0.25) is 0 Å². The molecule has 0 aromatic carbocycles. The first-order valence-electron chi connectivity index (χ1n) is 6.25. The molecule has 98 valence electrons. The zero-order valence-electron chi connectivity index (χ0n) is 11.5. The first-order valence-corrected chi connectivity index (χ1v) is 6.25. The molecule has 17 heavy (non-hydrogen) atoms. The van der Waals surface area contributed by atoms with Crippen LogP contribution in [0.3, 0.4) is 0 Å². The van der Waals surface area contributed by atoms with Crippen molar-refractivity contribution >= 4 is 6.09 Å². The van der Waals surface area contributed by atoms with Crippen LogP contribution in [0.25, 0.3) is 0 Å². The van der Waals surface area contributed by atoms with Crippen LogP contribution in [0.15, 0.2) is 23.3 Å². The molecule has 0 aliphatic rings. The fourth-order valence-electron chi connectivity index (χ4n) is 1.24. The Kier molecular flexibility index (Phi) is 9.21. The number of rotatable bonds is 7. The number of allylic oxidation sites excluding steroid dienone is 3. The lowest BCUT2D eigenvalue weighted by atomic mass is 10.1. The van der Waals surface area contributed by atoms with Crippen molar-refractivity contribution in [3.05, 3.63) is 23.3 Å². The number of carbonyl (C=O) groups excluding carboxylic acids is 1. The van der Waals surface area contributed by atoms with Crippen LogP contribution in [0.1, 0.15) is 47.0 Å². The highest BCUT2D eigenvalue weighted by atomic mass is 16.5. The number of ether oxygens (including phenoxy) is 1. The Morgan fingerprint density at radius 2 is 1.94 bits per heavy atom. The maximum atomic E-state index is 11.1. The summed E-state index contributed by atoms with van der Waals surface area (Å²) < 4.78 is 4.90. The molecule has 0 aliphatic heterocycles. The molecule has 3 heteroatoms. The molecular weight excluding hydrogens is 214 g/mol.